The van der Waals surface area contributed by atoms with Gasteiger partial charge in [-0.1, -0.05) is 48.6 Å². The van der Waals surface area contributed by atoms with E-state index in [1.807, 2.05) is 0 Å². The normalized spacial score (nSPS) is 19.7. The van der Waals surface area contributed by atoms with E-state index in [9.17, 15) is 52.7 Å². The lowest BCUT2D eigenvalue weighted by Crippen LogP contribution is -2.67. The Labute approximate surface area is 213 Å². The van der Waals surface area contributed by atoms with Gasteiger partial charge in [0, 0.05) is 7.05 Å². The van der Waals surface area contributed by atoms with Gasteiger partial charge in [0.05, 0.1) is 0 Å². The maximum absolute atomic E-state index is 15.6. The third-order valence-electron chi connectivity index (χ3n) is 5.79. The molecular weight excluding hydrogens is 587 g/mol. The smallest absolute Gasteiger partial charge is 0.460 e. The van der Waals surface area contributed by atoms with E-state index in [1.165, 1.54) is 24.3 Å². The standard InChI is InChI=1S/C21H18F11NO5S/c1-33(39(36,37)21(31,32)18(24,25)17(22,23)19(26,27)28)20(29,30)16(12-38-15(35)11-34)9-7-14(8-10-16)13-5-3-2-4-6-13/h2-9,34H,10-12H2,1H3. The Morgan fingerprint density at radius 1 is 0.974 bits per heavy atom. The second kappa shape index (κ2) is 10.3. The van der Waals surface area contributed by atoms with Gasteiger partial charge in [-0.15, -0.1) is 4.31 Å². The number of sulfonamides is 1. The van der Waals surface area contributed by atoms with Gasteiger partial charge in [0.1, 0.15) is 18.6 Å². The van der Waals surface area contributed by atoms with Crippen molar-refractivity contribution in [3.63, 3.8) is 0 Å². The molecule has 1 aromatic rings. The Hall–Kier alpha value is -2.73. The van der Waals surface area contributed by atoms with Crippen LogP contribution in [0.25, 0.3) is 5.57 Å². The molecule has 0 amide bonds. The number of esters is 1. The molecule has 1 atom stereocenters. The van der Waals surface area contributed by atoms with Crippen molar-refractivity contribution in [1.82, 2.24) is 4.31 Å². The summed E-state index contributed by atoms with van der Waals surface area (Å²) in [4.78, 5) is 11.4. The molecule has 39 heavy (non-hydrogen) atoms. The van der Waals surface area contributed by atoms with E-state index in [0.717, 1.165) is 12.2 Å². The summed E-state index contributed by atoms with van der Waals surface area (Å²) in [5.41, 5.74) is -2.59. The maximum atomic E-state index is 15.6. The molecule has 0 saturated carbocycles. The van der Waals surface area contributed by atoms with Gasteiger partial charge in [-0.05, 0) is 17.6 Å². The van der Waals surface area contributed by atoms with E-state index in [0.29, 0.717) is 11.6 Å². The van der Waals surface area contributed by atoms with Crippen LogP contribution in [0.2, 0.25) is 0 Å². The van der Waals surface area contributed by atoms with Crippen LogP contribution >= 0.6 is 0 Å². The monoisotopic (exact) mass is 605 g/mol. The van der Waals surface area contributed by atoms with Crippen molar-refractivity contribution < 1.29 is 71.4 Å². The largest absolute Gasteiger partial charge is 0.463 e. The summed E-state index contributed by atoms with van der Waals surface area (Å²) in [6, 6.07) is 2.30. The highest BCUT2D eigenvalue weighted by Crippen LogP contribution is 2.57. The highest BCUT2D eigenvalue weighted by molar-refractivity contribution is 7.90. The molecule has 0 saturated heterocycles. The minimum Gasteiger partial charge on any atom is -0.463 e. The zero-order chi connectivity index (χ0) is 30.3. The van der Waals surface area contributed by atoms with E-state index >= 15 is 8.78 Å². The first kappa shape index (κ1) is 32.5. The minimum absolute atomic E-state index is 0.197. The van der Waals surface area contributed by atoms with Gasteiger partial charge >= 0.3 is 35.3 Å². The maximum Gasteiger partial charge on any atom is 0.460 e. The first-order valence-electron chi connectivity index (χ1n) is 10.3. The Kier molecular flexibility index (Phi) is 8.62. The van der Waals surface area contributed by atoms with Crippen LogP contribution in [0.3, 0.4) is 0 Å². The zero-order valence-corrected chi connectivity index (χ0v) is 20.1. The van der Waals surface area contributed by atoms with Crippen molar-refractivity contribution in [2.75, 3.05) is 20.3 Å². The SMILES string of the molecule is CN(C(F)(F)C1(COC(=O)CO)C=CC(c2ccccc2)=CC1)S(=O)(=O)C(F)(F)C(F)(F)C(F)(F)C(F)(F)F. The number of alkyl halides is 11. The molecule has 0 spiro atoms. The number of aliphatic hydroxyl groups excluding tert-OH is 1. The van der Waals surface area contributed by atoms with E-state index in [2.05, 4.69) is 4.74 Å². The predicted octanol–water partition coefficient (Wildman–Crippen LogP) is 4.83. The summed E-state index contributed by atoms with van der Waals surface area (Å²) < 4.78 is 178. The molecule has 220 valence electrons. The van der Waals surface area contributed by atoms with Crippen molar-refractivity contribution in [2.45, 2.75) is 35.7 Å². The Morgan fingerprint density at radius 3 is 1.95 bits per heavy atom. The molecule has 0 aromatic heterocycles. The number of allylic oxidation sites excluding steroid dienone is 3. The molecule has 0 heterocycles. The van der Waals surface area contributed by atoms with Crippen LogP contribution < -0.4 is 0 Å². The van der Waals surface area contributed by atoms with Crippen molar-refractivity contribution in [2.24, 2.45) is 5.41 Å². The van der Waals surface area contributed by atoms with Gasteiger partial charge in [-0.25, -0.2) is 13.2 Å². The number of aliphatic hydroxyl groups is 1. The number of carbonyl (C=O) groups is 1. The summed E-state index contributed by atoms with van der Waals surface area (Å²) in [5.74, 6) is -17.0. The fourth-order valence-electron chi connectivity index (χ4n) is 3.35. The minimum atomic E-state index is -7.75. The first-order valence-corrected chi connectivity index (χ1v) is 11.8. The summed E-state index contributed by atoms with van der Waals surface area (Å²) in [6.07, 6.45) is -6.11. The summed E-state index contributed by atoms with van der Waals surface area (Å²) in [6.45, 7) is -2.96. The fraction of sp³-hybridized carbons (Fsp3) is 0.476. The number of hydrogen-bond donors (Lipinski definition) is 1. The number of halogens is 11. The molecule has 0 aliphatic heterocycles. The highest BCUT2D eigenvalue weighted by Gasteiger charge is 2.86. The Morgan fingerprint density at radius 2 is 1.51 bits per heavy atom. The molecule has 1 aromatic carbocycles. The second-order valence-corrected chi connectivity index (χ2v) is 10.2. The lowest BCUT2D eigenvalue weighted by Gasteiger charge is -2.44. The van der Waals surface area contributed by atoms with Crippen LogP contribution in [-0.4, -0.2) is 73.4 Å². The average Bonchev–Trinajstić information content (AvgIpc) is 2.86. The van der Waals surface area contributed by atoms with Crippen LogP contribution in [0.5, 0.6) is 0 Å². The predicted molar refractivity (Wildman–Crippen MR) is 111 cm³/mol. The third-order valence-corrected chi connectivity index (χ3v) is 7.64. The highest BCUT2D eigenvalue weighted by atomic mass is 32.2. The summed E-state index contributed by atoms with van der Waals surface area (Å²) in [5, 5.41) is 1.35. The number of hydrogen-bond acceptors (Lipinski definition) is 5. The molecule has 2 rings (SSSR count). The van der Waals surface area contributed by atoms with E-state index < -0.39 is 81.7 Å². The molecule has 18 heteroatoms. The number of ether oxygens (including phenoxy) is 1. The lowest BCUT2D eigenvalue weighted by atomic mass is 9.77. The van der Waals surface area contributed by atoms with Gasteiger partial charge in [0.2, 0.25) is 0 Å². The molecule has 0 radical (unpaired) electrons. The fourth-order valence-corrected chi connectivity index (χ4v) is 4.63. The van der Waals surface area contributed by atoms with Crippen LogP contribution in [0.15, 0.2) is 48.6 Å². The summed E-state index contributed by atoms with van der Waals surface area (Å²) in [7, 11) is -8.17. The number of carbonyl (C=O) groups excluding carboxylic acids is 1. The quantitative estimate of drug-likeness (QED) is 0.235. The Bertz CT molecular complexity index is 1230. The van der Waals surface area contributed by atoms with E-state index in [4.69, 9.17) is 5.11 Å². The number of benzene rings is 1. The van der Waals surface area contributed by atoms with Crippen molar-refractivity contribution in [3.05, 3.63) is 54.1 Å². The molecule has 0 bridgehead atoms. The van der Waals surface area contributed by atoms with Crippen LogP contribution in [0.1, 0.15) is 12.0 Å². The van der Waals surface area contributed by atoms with Gasteiger partial charge in [-0.3, -0.25) is 0 Å². The average molecular weight is 605 g/mol. The zero-order valence-electron chi connectivity index (χ0n) is 19.3. The lowest BCUT2D eigenvalue weighted by molar-refractivity contribution is -0.382. The molecular formula is C21H18F11NO5S. The number of nitrogens with zero attached hydrogens (tertiary/aromatic N) is 1. The first-order chi connectivity index (χ1) is 17.5. The van der Waals surface area contributed by atoms with E-state index in [1.54, 1.807) is 6.07 Å². The molecule has 1 aliphatic carbocycles. The van der Waals surface area contributed by atoms with Crippen LogP contribution in [0.4, 0.5) is 48.3 Å². The summed E-state index contributed by atoms with van der Waals surface area (Å²) >= 11 is 0. The van der Waals surface area contributed by atoms with Crippen molar-refractivity contribution in [3.8, 4) is 0 Å². The molecule has 1 aliphatic rings. The molecule has 0 fully saturated rings. The van der Waals surface area contributed by atoms with Crippen molar-refractivity contribution >= 4 is 21.6 Å². The van der Waals surface area contributed by atoms with Gasteiger partial charge in [-0.2, -0.15) is 48.3 Å². The topological polar surface area (TPSA) is 83.9 Å². The van der Waals surface area contributed by atoms with Gasteiger partial charge in [0.25, 0.3) is 10.0 Å². The van der Waals surface area contributed by atoms with Gasteiger partial charge in [0.15, 0.2) is 0 Å². The van der Waals surface area contributed by atoms with Crippen molar-refractivity contribution in [1.29, 1.82) is 0 Å². The Balaban J connectivity index is 2.60. The molecule has 1 N–H and O–H groups in total. The molecule has 6 nitrogen and oxygen atoms in total. The van der Waals surface area contributed by atoms with Crippen LogP contribution in [-0.2, 0) is 19.6 Å². The van der Waals surface area contributed by atoms with E-state index in [-0.39, 0.29) is 5.57 Å². The second-order valence-electron chi connectivity index (χ2n) is 8.21. The van der Waals surface area contributed by atoms with Gasteiger partial charge < -0.3 is 9.84 Å². The third kappa shape index (κ3) is 5.25. The number of rotatable bonds is 10. The van der Waals surface area contributed by atoms with Crippen LogP contribution in [0, 0.1) is 5.41 Å². The molecule has 1 unspecified atom stereocenters.